The summed E-state index contributed by atoms with van der Waals surface area (Å²) in [6.07, 6.45) is 5.04. The SMILES string of the molecule is CCC(CC)n1c(=O)c(C(C)=O)c(C)c2cnc(Nc3ccc(N4CCNCC4)cn3)nc21. The van der Waals surface area contributed by atoms with E-state index < -0.39 is 0 Å². The van der Waals surface area contributed by atoms with Crippen LogP contribution in [0.25, 0.3) is 11.0 Å². The molecule has 0 aliphatic carbocycles. The van der Waals surface area contributed by atoms with Crippen molar-refractivity contribution in [3.63, 3.8) is 0 Å². The second-order valence-electron chi connectivity index (χ2n) is 8.40. The van der Waals surface area contributed by atoms with Crippen LogP contribution in [0.3, 0.4) is 0 Å². The molecule has 0 aromatic carbocycles. The van der Waals surface area contributed by atoms with E-state index in [9.17, 15) is 9.59 Å². The first-order chi connectivity index (χ1) is 15.9. The fourth-order valence-electron chi connectivity index (χ4n) is 4.48. The molecule has 1 saturated heterocycles. The van der Waals surface area contributed by atoms with Gasteiger partial charge in [-0.25, -0.2) is 9.97 Å². The van der Waals surface area contributed by atoms with Gasteiger partial charge in [-0.2, -0.15) is 4.98 Å². The Hall–Kier alpha value is -3.33. The van der Waals surface area contributed by atoms with E-state index in [1.165, 1.54) is 6.92 Å². The number of nitrogens with one attached hydrogen (secondary N) is 2. The van der Waals surface area contributed by atoms with Gasteiger partial charge in [0.25, 0.3) is 5.56 Å². The predicted molar refractivity (Wildman–Crippen MR) is 131 cm³/mol. The molecule has 0 amide bonds. The first-order valence-corrected chi connectivity index (χ1v) is 11.6. The van der Waals surface area contributed by atoms with Crippen LogP contribution < -0.4 is 21.1 Å². The second-order valence-corrected chi connectivity index (χ2v) is 8.40. The minimum atomic E-state index is -0.288. The third-order valence-electron chi connectivity index (χ3n) is 6.34. The van der Waals surface area contributed by atoms with Crippen molar-refractivity contribution in [2.24, 2.45) is 0 Å². The fourth-order valence-corrected chi connectivity index (χ4v) is 4.48. The number of piperazine rings is 1. The lowest BCUT2D eigenvalue weighted by Gasteiger charge is -2.29. The zero-order chi connectivity index (χ0) is 23.5. The number of rotatable bonds is 7. The van der Waals surface area contributed by atoms with Gasteiger partial charge in [-0.3, -0.25) is 14.2 Å². The van der Waals surface area contributed by atoms with Gasteiger partial charge in [0.2, 0.25) is 5.95 Å². The molecule has 174 valence electrons. The summed E-state index contributed by atoms with van der Waals surface area (Å²) in [5, 5.41) is 7.21. The molecule has 3 aromatic rings. The Kier molecular flexibility index (Phi) is 6.69. The standard InChI is InChI=1S/C24H31N7O2/c1-5-17(6-2)31-22-19(15(3)21(16(4)32)23(31)33)14-27-24(29-22)28-20-8-7-18(13-26-20)30-11-9-25-10-12-30/h7-8,13-14,17,25H,5-6,9-12H2,1-4H3,(H,26,27,28,29). The molecular formula is C24H31N7O2. The number of nitrogens with zero attached hydrogens (tertiary/aromatic N) is 5. The summed E-state index contributed by atoms with van der Waals surface area (Å²) in [5.41, 5.74) is 2.16. The molecule has 4 rings (SSSR count). The van der Waals surface area contributed by atoms with Gasteiger partial charge < -0.3 is 15.5 Å². The van der Waals surface area contributed by atoms with E-state index in [1.54, 1.807) is 17.7 Å². The maximum atomic E-state index is 13.3. The molecule has 9 heteroatoms. The van der Waals surface area contributed by atoms with Gasteiger partial charge >= 0.3 is 0 Å². The Balaban J connectivity index is 1.72. The topological polar surface area (TPSA) is 105 Å². The molecule has 0 radical (unpaired) electrons. The van der Waals surface area contributed by atoms with Crippen molar-refractivity contribution in [1.29, 1.82) is 0 Å². The number of ketones is 1. The Morgan fingerprint density at radius 2 is 1.88 bits per heavy atom. The molecule has 1 fully saturated rings. The molecular weight excluding hydrogens is 418 g/mol. The summed E-state index contributed by atoms with van der Waals surface area (Å²) in [7, 11) is 0. The van der Waals surface area contributed by atoms with E-state index >= 15 is 0 Å². The number of carbonyl (C=O) groups excluding carboxylic acids is 1. The summed E-state index contributed by atoms with van der Waals surface area (Å²) in [5.74, 6) is 0.746. The quantitative estimate of drug-likeness (QED) is 0.530. The van der Waals surface area contributed by atoms with Crippen molar-refractivity contribution in [3.05, 3.63) is 46.0 Å². The average molecular weight is 450 g/mol. The normalized spacial score (nSPS) is 14.2. The molecule has 0 spiro atoms. The third-order valence-corrected chi connectivity index (χ3v) is 6.34. The molecule has 3 aromatic heterocycles. The predicted octanol–water partition coefficient (Wildman–Crippen LogP) is 3.21. The van der Waals surface area contributed by atoms with Gasteiger partial charge in [0.15, 0.2) is 5.78 Å². The number of anilines is 3. The highest BCUT2D eigenvalue weighted by molar-refractivity contribution is 5.99. The van der Waals surface area contributed by atoms with E-state index in [1.807, 2.05) is 32.2 Å². The smallest absolute Gasteiger partial charge is 0.263 e. The Labute approximate surface area is 193 Å². The summed E-state index contributed by atoms with van der Waals surface area (Å²) < 4.78 is 1.66. The summed E-state index contributed by atoms with van der Waals surface area (Å²) in [6.45, 7) is 11.1. The van der Waals surface area contributed by atoms with Gasteiger partial charge in [0, 0.05) is 43.8 Å². The van der Waals surface area contributed by atoms with Crippen molar-refractivity contribution in [1.82, 2.24) is 24.8 Å². The Morgan fingerprint density at radius 1 is 1.15 bits per heavy atom. The Morgan fingerprint density at radius 3 is 2.48 bits per heavy atom. The van der Waals surface area contributed by atoms with Gasteiger partial charge in [-0.05, 0) is 44.4 Å². The second kappa shape index (κ2) is 9.66. The van der Waals surface area contributed by atoms with Gasteiger partial charge in [0.1, 0.15) is 11.5 Å². The highest BCUT2D eigenvalue weighted by Gasteiger charge is 2.22. The van der Waals surface area contributed by atoms with Crippen molar-refractivity contribution >= 4 is 34.3 Å². The number of aromatic nitrogens is 4. The van der Waals surface area contributed by atoms with Crippen molar-refractivity contribution in [2.45, 2.75) is 46.6 Å². The van der Waals surface area contributed by atoms with Crippen LogP contribution in [-0.2, 0) is 0 Å². The number of aryl methyl sites for hydroxylation is 1. The largest absolute Gasteiger partial charge is 0.368 e. The van der Waals surface area contributed by atoms with Crippen LogP contribution in [0.1, 0.15) is 55.6 Å². The monoisotopic (exact) mass is 449 g/mol. The summed E-state index contributed by atoms with van der Waals surface area (Å²) >= 11 is 0. The van der Waals surface area contributed by atoms with E-state index in [0.29, 0.717) is 28.4 Å². The van der Waals surface area contributed by atoms with Crippen LogP contribution in [0.4, 0.5) is 17.5 Å². The number of carbonyl (C=O) groups is 1. The lowest BCUT2D eigenvalue weighted by atomic mass is 10.0. The number of pyridine rings is 2. The molecule has 1 aliphatic rings. The van der Waals surface area contributed by atoms with E-state index in [2.05, 4.69) is 25.5 Å². The maximum Gasteiger partial charge on any atom is 0.263 e. The zero-order valence-corrected chi connectivity index (χ0v) is 19.7. The van der Waals surface area contributed by atoms with Crippen LogP contribution in [0, 0.1) is 6.92 Å². The van der Waals surface area contributed by atoms with Gasteiger partial charge in [-0.15, -0.1) is 0 Å². The minimum Gasteiger partial charge on any atom is -0.368 e. The molecule has 0 saturated carbocycles. The van der Waals surface area contributed by atoms with Crippen LogP contribution in [0.2, 0.25) is 0 Å². The van der Waals surface area contributed by atoms with Gasteiger partial charge in [0.05, 0.1) is 17.4 Å². The number of hydrogen-bond donors (Lipinski definition) is 2. The molecule has 2 N–H and O–H groups in total. The van der Waals surface area contributed by atoms with Crippen molar-refractivity contribution in [2.75, 3.05) is 36.4 Å². The maximum absolute atomic E-state index is 13.3. The number of hydrogen-bond acceptors (Lipinski definition) is 8. The van der Waals surface area contributed by atoms with E-state index in [0.717, 1.165) is 44.7 Å². The highest BCUT2D eigenvalue weighted by Crippen LogP contribution is 2.25. The lowest BCUT2D eigenvalue weighted by molar-refractivity contribution is 0.101. The number of Topliss-reactive ketones (excluding diaryl/α,β-unsaturated/α-hetero) is 1. The third kappa shape index (κ3) is 4.45. The van der Waals surface area contributed by atoms with E-state index in [4.69, 9.17) is 4.98 Å². The first-order valence-electron chi connectivity index (χ1n) is 11.6. The van der Waals surface area contributed by atoms with Crippen LogP contribution in [-0.4, -0.2) is 51.5 Å². The molecule has 0 bridgehead atoms. The van der Waals surface area contributed by atoms with Crippen LogP contribution in [0.15, 0.2) is 29.3 Å². The summed E-state index contributed by atoms with van der Waals surface area (Å²) in [4.78, 5) is 41.5. The number of fused-ring (bicyclic) bond motifs is 1. The highest BCUT2D eigenvalue weighted by atomic mass is 16.1. The molecule has 0 unspecified atom stereocenters. The van der Waals surface area contributed by atoms with Crippen molar-refractivity contribution in [3.8, 4) is 0 Å². The van der Waals surface area contributed by atoms with Gasteiger partial charge in [-0.1, -0.05) is 13.8 Å². The molecule has 4 heterocycles. The minimum absolute atomic E-state index is 0.0575. The molecule has 1 aliphatic heterocycles. The molecule has 9 nitrogen and oxygen atoms in total. The average Bonchev–Trinajstić information content (AvgIpc) is 2.82. The Bertz CT molecular complexity index is 1210. The zero-order valence-electron chi connectivity index (χ0n) is 19.7. The summed E-state index contributed by atoms with van der Waals surface area (Å²) in [6, 6.07) is 3.88. The van der Waals surface area contributed by atoms with Crippen LogP contribution in [0.5, 0.6) is 0 Å². The molecule has 33 heavy (non-hydrogen) atoms. The van der Waals surface area contributed by atoms with E-state index in [-0.39, 0.29) is 22.9 Å². The lowest BCUT2D eigenvalue weighted by Crippen LogP contribution is -2.43. The van der Waals surface area contributed by atoms with Crippen molar-refractivity contribution < 1.29 is 4.79 Å². The first kappa shape index (κ1) is 22.8. The molecule has 0 atom stereocenters. The van der Waals surface area contributed by atoms with Crippen LogP contribution >= 0.6 is 0 Å². The fraction of sp³-hybridized carbons (Fsp3) is 0.458.